The maximum absolute atomic E-state index is 13.8. The summed E-state index contributed by atoms with van der Waals surface area (Å²) in [6, 6.07) is 2.15. The van der Waals surface area contributed by atoms with Gasteiger partial charge >= 0.3 is 0 Å². The Morgan fingerprint density at radius 2 is 2.00 bits per heavy atom. The number of hydrogen-bond donors (Lipinski definition) is 2. The third-order valence-corrected chi connectivity index (χ3v) is 3.23. The van der Waals surface area contributed by atoms with Crippen molar-refractivity contribution in [2.45, 2.75) is 25.8 Å². The van der Waals surface area contributed by atoms with E-state index in [1.54, 1.807) is 6.92 Å². The molecule has 2 N–H and O–H groups in total. The minimum Gasteiger partial charge on any atom is -0.395 e. The van der Waals surface area contributed by atoms with Gasteiger partial charge in [-0.25, -0.2) is 8.78 Å². The van der Waals surface area contributed by atoms with E-state index in [4.69, 9.17) is 5.11 Å². The van der Waals surface area contributed by atoms with Crippen LogP contribution in [0.3, 0.4) is 0 Å². The maximum atomic E-state index is 13.8. The van der Waals surface area contributed by atoms with Crippen molar-refractivity contribution in [1.29, 1.82) is 0 Å². The van der Waals surface area contributed by atoms with E-state index >= 15 is 0 Å². The van der Waals surface area contributed by atoms with Crippen LogP contribution in [-0.4, -0.2) is 41.7 Å². The first-order valence-electron chi connectivity index (χ1n) is 6.73. The lowest BCUT2D eigenvalue weighted by Crippen LogP contribution is -2.35. The molecule has 0 bridgehead atoms. The van der Waals surface area contributed by atoms with E-state index in [0.29, 0.717) is 6.54 Å². The average Bonchev–Trinajstić information content (AvgIpc) is 3.23. The molecule has 0 saturated heterocycles. The first kappa shape index (κ1) is 14.7. The highest BCUT2D eigenvalue weighted by atomic mass is 19.1. The van der Waals surface area contributed by atoms with E-state index in [-0.39, 0.29) is 30.4 Å². The topological polar surface area (TPSA) is 52.6 Å². The zero-order chi connectivity index (χ0) is 14.7. The molecule has 6 heteroatoms. The largest absolute Gasteiger partial charge is 0.395 e. The van der Waals surface area contributed by atoms with Gasteiger partial charge in [-0.2, -0.15) is 0 Å². The van der Waals surface area contributed by atoms with Gasteiger partial charge in [0.05, 0.1) is 6.61 Å². The van der Waals surface area contributed by atoms with Crippen molar-refractivity contribution in [3.63, 3.8) is 0 Å². The summed E-state index contributed by atoms with van der Waals surface area (Å²) in [5, 5.41) is 11.6. The summed E-state index contributed by atoms with van der Waals surface area (Å²) in [6.45, 7) is 2.14. The number of anilines is 1. The first-order valence-corrected chi connectivity index (χ1v) is 6.73. The van der Waals surface area contributed by atoms with Crippen LogP contribution in [-0.2, 0) is 0 Å². The number of nitrogens with zero attached hydrogens (tertiary/aromatic N) is 1. The van der Waals surface area contributed by atoms with Crippen LogP contribution in [0, 0.1) is 11.6 Å². The quantitative estimate of drug-likeness (QED) is 0.840. The number of halogens is 2. The number of nitrogens with one attached hydrogen (secondary N) is 1. The van der Waals surface area contributed by atoms with Crippen molar-refractivity contribution in [3.05, 3.63) is 29.3 Å². The number of carbonyl (C=O) groups excluding carboxylic acids is 1. The van der Waals surface area contributed by atoms with E-state index < -0.39 is 17.5 Å². The van der Waals surface area contributed by atoms with Crippen molar-refractivity contribution < 1.29 is 18.7 Å². The van der Waals surface area contributed by atoms with Gasteiger partial charge in [0.2, 0.25) is 0 Å². The second-order valence-corrected chi connectivity index (χ2v) is 4.80. The molecule has 0 spiro atoms. The van der Waals surface area contributed by atoms with Gasteiger partial charge in [0.1, 0.15) is 17.3 Å². The number of rotatable bonds is 6. The Balaban J connectivity index is 2.25. The molecule has 0 heterocycles. The van der Waals surface area contributed by atoms with Crippen LogP contribution in [0.15, 0.2) is 12.1 Å². The van der Waals surface area contributed by atoms with Crippen LogP contribution >= 0.6 is 0 Å². The zero-order valence-electron chi connectivity index (χ0n) is 11.3. The summed E-state index contributed by atoms with van der Waals surface area (Å²) in [4.78, 5) is 13.7. The molecular formula is C14H18F2N2O2. The Kier molecular flexibility index (Phi) is 4.54. The Labute approximate surface area is 116 Å². The predicted octanol–water partition coefficient (Wildman–Crippen LogP) is 1.99. The maximum Gasteiger partial charge on any atom is 0.254 e. The summed E-state index contributed by atoms with van der Waals surface area (Å²) in [5.74, 6) is -2.01. The molecule has 0 unspecified atom stereocenters. The standard InChI is InChI=1S/C14H18F2N2O2/c1-2-17-13-11(15)7-9(8-12(13)16)14(20)18(5-6-19)10-3-4-10/h7-8,10,17,19H,2-6H2,1H3. The fourth-order valence-corrected chi connectivity index (χ4v) is 2.15. The molecule has 0 radical (unpaired) electrons. The monoisotopic (exact) mass is 284 g/mol. The molecule has 0 atom stereocenters. The van der Waals surface area contributed by atoms with Gasteiger partial charge < -0.3 is 15.3 Å². The Morgan fingerprint density at radius 1 is 1.40 bits per heavy atom. The highest BCUT2D eigenvalue weighted by molar-refractivity contribution is 5.95. The third kappa shape index (κ3) is 3.07. The summed E-state index contributed by atoms with van der Waals surface area (Å²) in [5.41, 5.74) is -0.244. The molecule has 1 aliphatic carbocycles. The van der Waals surface area contributed by atoms with Crippen LogP contribution in [0.2, 0.25) is 0 Å². The van der Waals surface area contributed by atoms with Crippen LogP contribution in [0.4, 0.5) is 14.5 Å². The average molecular weight is 284 g/mol. The molecule has 2 rings (SSSR count). The second kappa shape index (κ2) is 6.17. The Hall–Kier alpha value is -1.69. The third-order valence-electron chi connectivity index (χ3n) is 3.23. The Morgan fingerprint density at radius 3 is 2.45 bits per heavy atom. The minimum atomic E-state index is -0.782. The smallest absolute Gasteiger partial charge is 0.254 e. The number of carbonyl (C=O) groups is 1. The summed E-state index contributed by atoms with van der Waals surface area (Å²) in [6.07, 6.45) is 1.73. The highest BCUT2D eigenvalue weighted by Crippen LogP contribution is 2.29. The van der Waals surface area contributed by atoms with Crippen molar-refractivity contribution in [3.8, 4) is 0 Å². The van der Waals surface area contributed by atoms with E-state index in [1.807, 2.05) is 0 Å². The number of amides is 1. The molecule has 0 aromatic heterocycles. The summed E-state index contributed by atoms with van der Waals surface area (Å²) in [7, 11) is 0. The van der Waals surface area contributed by atoms with Crippen LogP contribution in [0.25, 0.3) is 0 Å². The fourth-order valence-electron chi connectivity index (χ4n) is 2.15. The van der Waals surface area contributed by atoms with E-state index in [1.165, 1.54) is 4.90 Å². The summed E-state index contributed by atoms with van der Waals surface area (Å²) >= 11 is 0. The van der Waals surface area contributed by atoms with Gasteiger partial charge in [-0.05, 0) is 31.9 Å². The van der Waals surface area contributed by atoms with Crippen molar-refractivity contribution in [2.75, 3.05) is 25.0 Å². The van der Waals surface area contributed by atoms with Crippen molar-refractivity contribution in [2.24, 2.45) is 0 Å². The van der Waals surface area contributed by atoms with Crippen LogP contribution < -0.4 is 5.32 Å². The molecule has 4 nitrogen and oxygen atoms in total. The number of aliphatic hydroxyl groups excluding tert-OH is 1. The molecule has 1 aromatic carbocycles. The molecule has 1 amide bonds. The number of aliphatic hydroxyl groups is 1. The molecule has 0 aliphatic heterocycles. The van der Waals surface area contributed by atoms with E-state index in [9.17, 15) is 13.6 Å². The molecule has 1 fully saturated rings. The van der Waals surface area contributed by atoms with Crippen molar-refractivity contribution in [1.82, 2.24) is 4.90 Å². The minimum absolute atomic E-state index is 0.0259. The molecule has 1 saturated carbocycles. The fraction of sp³-hybridized carbons (Fsp3) is 0.500. The first-order chi connectivity index (χ1) is 9.58. The lowest BCUT2D eigenvalue weighted by molar-refractivity contribution is 0.0706. The lowest BCUT2D eigenvalue weighted by Gasteiger charge is -2.21. The predicted molar refractivity (Wildman–Crippen MR) is 71.7 cm³/mol. The SMILES string of the molecule is CCNc1c(F)cc(C(=O)N(CCO)C2CC2)cc1F. The highest BCUT2D eigenvalue weighted by Gasteiger charge is 2.33. The van der Waals surface area contributed by atoms with E-state index in [2.05, 4.69) is 5.32 Å². The molecule has 20 heavy (non-hydrogen) atoms. The molecule has 110 valence electrons. The van der Waals surface area contributed by atoms with Gasteiger partial charge in [0.25, 0.3) is 5.91 Å². The van der Waals surface area contributed by atoms with Crippen LogP contribution in [0.1, 0.15) is 30.1 Å². The normalized spacial score (nSPS) is 14.2. The zero-order valence-corrected chi connectivity index (χ0v) is 11.3. The Bertz CT molecular complexity index is 481. The van der Waals surface area contributed by atoms with E-state index in [0.717, 1.165) is 25.0 Å². The second-order valence-electron chi connectivity index (χ2n) is 4.80. The van der Waals surface area contributed by atoms with Crippen LogP contribution in [0.5, 0.6) is 0 Å². The van der Waals surface area contributed by atoms with Gasteiger partial charge in [-0.15, -0.1) is 0 Å². The lowest BCUT2D eigenvalue weighted by atomic mass is 10.1. The van der Waals surface area contributed by atoms with Crippen molar-refractivity contribution >= 4 is 11.6 Å². The van der Waals surface area contributed by atoms with Gasteiger partial charge in [-0.1, -0.05) is 0 Å². The van der Waals surface area contributed by atoms with Gasteiger partial charge in [-0.3, -0.25) is 4.79 Å². The summed E-state index contributed by atoms with van der Waals surface area (Å²) < 4.78 is 27.6. The molecule has 1 aliphatic rings. The number of benzene rings is 1. The molecule has 1 aromatic rings. The van der Waals surface area contributed by atoms with Gasteiger partial charge in [0.15, 0.2) is 0 Å². The van der Waals surface area contributed by atoms with Gasteiger partial charge in [0, 0.05) is 24.7 Å². The molecular weight excluding hydrogens is 266 g/mol. The number of hydrogen-bond acceptors (Lipinski definition) is 3.